The van der Waals surface area contributed by atoms with Crippen LogP contribution in [0.15, 0.2) is 0 Å². The summed E-state index contributed by atoms with van der Waals surface area (Å²) in [5.41, 5.74) is 0. The van der Waals surface area contributed by atoms with Crippen molar-refractivity contribution in [1.82, 2.24) is 0 Å². The van der Waals surface area contributed by atoms with Gasteiger partial charge in [-0.15, -0.1) is 0 Å². The largest absolute Gasteiger partial charge is 0.501 e. The second-order valence-electron chi connectivity index (χ2n) is 6.66. The van der Waals surface area contributed by atoms with Gasteiger partial charge in [-0.2, -0.15) is 0 Å². The third-order valence-corrected chi connectivity index (χ3v) is 8.19. The number of rotatable bonds is 14. The van der Waals surface area contributed by atoms with E-state index in [0.717, 1.165) is 25.7 Å². The van der Waals surface area contributed by atoms with E-state index in [9.17, 15) is 0 Å². The van der Waals surface area contributed by atoms with E-state index < -0.39 is 8.80 Å². The van der Waals surface area contributed by atoms with Crippen molar-refractivity contribution >= 4 is 8.80 Å². The van der Waals surface area contributed by atoms with Crippen LogP contribution in [0.2, 0.25) is 6.04 Å². The van der Waals surface area contributed by atoms with Gasteiger partial charge in [0.25, 0.3) is 0 Å². The predicted molar refractivity (Wildman–Crippen MR) is 97.6 cm³/mol. The van der Waals surface area contributed by atoms with E-state index in [0.29, 0.717) is 51.0 Å². The average molecular weight is 377 g/mol. The van der Waals surface area contributed by atoms with Crippen molar-refractivity contribution in [2.45, 2.75) is 58.8 Å². The van der Waals surface area contributed by atoms with Crippen LogP contribution in [-0.4, -0.2) is 67.3 Å². The molecule has 0 bridgehead atoms. The molecule has 0 amide bonds. The van der Waals surface area contributed by atoms with Crippen LogP contribution in [0.4, 0.5) is 0 Å². The molecule has 2 saturated heterocycles. The zero-order valence-electron chi connectivity index (χ0n) is 16.3. The maximum Gasteiger partial charge on any atom is 0.501 e. The van der Waals surface area contributed by atoms with Crippen molar-refractivity contribution in [3.63, 3.8) is 0 Å². The minimum atomic E-state index is -2.54. The van der Waals surface area contributed by atoms with Crippen LogP contribution in [0.5, 0.6) is 0 Å². The Morgan fingerprint density at radius 1 is 0.920 bits per heavy atom. The fourth-order valence-corrected chi connectivity index (χ4v) is 6.16. The van der Waals surface area contributed by atoms with Gasteiger partial charge in [0, 0.05) is 44.3 Å². The normalized spacial score (nSPS) is 29.3. The van der Waals surface area contributed by atoms with Gasteiger partial charge in [-0.3, -0.25) is 0 Å². The highest BCUT2D eigenvalue weighted by Gasteiger charge is 2.46. The molecule has 0 aromatic heterocycles. The standard InChI is InChI=1S/C18H36O6Si/c1-5-15-12-21-18(15)16-13-20-17(16)14-19-10-9-11-25(22-6-2,23-7-3)24-8-4/h15-18H,5-14H2,1-4H3. The number of hydrogen-bond acceptors (Lipinski definition) is 6. The van der Waals surface area contributed by atoms with Crippen molar-refractivity contribution in [2.24, 2.45) is 11.8 Å². The van der Waals surface area contributed by atoms with Crippen molar-refractivity contribution in [1.29, 1.82) is 0 Å². The van der Waals surface area contributed by atoms with Gasteiger partial charge in [0.1, 0.15) is 0 Å². The summed E-state index contributed by atoms with van der Waals surface area (Å²) in [6.07, 6.45) is 2.63. The summed E-state index contributed by atoms with van der Waals surface area (Å²) < 4.78 is 34.9. The molecule has 6 nitrogen and oxygen atoms in total. The molecule has 148 valence electrons. The summed E-state index contributed by atoms with van der Waals surface area (Å²) in [5, 5.41) is 0. The van der Waals surface area contributed by atoms with Crippen LogP contribution in [0, 0.1) is 11.8 Å². The number of ether oxygens (including phenoxy) is 3. The minimum absolute atomic E-state index is 0.187. The van der Waals surface area contributed by atoms with E-state index in [1.54, 1.807) is 0 Å². The molecule has 0 N–H and O–H groups in total. The summed E-state index contributed by atoms with van der Waals surface area (Å²) in [7, 11) is -2.54. The smallest absolute Gasteiger partial charge is 0.379 e. The molecule has 2 heterocycles. The van der Waals surface area contributed by atoms with Crippen LogP contribution in [-0.2, 0) is 27.5 Å². The molecule has 0 aliphatic carbocycles. The van der Waals surface area contributed by atoms with Gasteiger partial charge in [0.05, 0.1) is 32.0 Å². The molecular formula is C18H36O6Si. The topological polar surface area (TPSA) is 55.4 Å². The van der Waals surface area contributed by atoms with Crippen LogP contribution in [0.1, 0.15) is 40.5 Å². The fraction of sp³-hybridized carbons (Fsp3) is 1.00. The summed E-state index contributed by atoms with van der Waals surface area (Å²) in [6, 6.07) is 0.793. The van der Waals surface area contributed by atoms with Crippen molar-refractivity contribution < 1.29 is 27.5 Å². The van der Waals surface area contributed by atoms with E-state index in [1.165, 1.54) is 6.42 Å². The second-order valence-corrected chi connectivity index (χ2v) is 9.39. The summed E-state index contributed by atoms with van der Waals surface area (Å²) in [5.74, 6) is 1.20. The Morgan fingerprint density at radius 3 is 2.04 bits per heavy atom. The van der Waals surface area contributed by atoms with E-state index in [4.69, 9.17) is 27.5 Å². The fourth-order valence-electron chi connectivity index (χ4n) is 3.58. The van der Waals surface area contributed by atoms with Crippen LogP contribution in [0.3, 0.4) is 0 Å². The second kappa shape index (κ2) is 11.0. The third-order valence-electron chi connectivity index (χ3n) is 5.04. The highest BCUT2D eigenvalue weighted by molar-refractivity contribution is 6.60. The van der Waals surface area contributed by atoms with Gasteiger partial charge in [-0.25, -0.2) is 0 Å². The molecule has 2 aliphatic heterocycles. The Balaban J connectivity index is 1.64. The molecule has 4 atom stereocenters. The first-order valence-electron chi connectivity index (χ1n) is 9.92. The maximum atomic E-state index is 5.86. The molecule has 2 aliphatic rings. The van der Waals surface area contributed by atoms with Gasteiger partial charge in [0.2, 0.25) is 0 Å². The van der Waals surface area contributed by atoms with Crippen molar-refractivity contribution in [2.75, 3.05) is 46.2 Å². The van der Waals surface area contributed by atoms with Gasteiger partial charge in [0.15, 0.2) is 0 Å². The van der Waals surface area contributed by atoms with Gasteiger partial charge >= 0.3 is 8.80 Å². The lowest BCUT2D eigenvalue weighted by Crippen LogP contribution is -2.57. The number of hydrogen-bond donors (Lipinski definition) is 0. The lowest BCUT2D eigenvalue weighted by Gasteiger charge is -2.49. The Bertz CT molecular complexity index is 350. The molecule has 0 radical (unpaired) electrons. The molecule has 25 heavy (non-hydrogen) atoms. The van der Waals surface area contributed by atoms with Crippen LogP contribution >= 0.6 is 0 Å². The monoisotopic (exact) mass is 376 g/mol. The van der Waals surface area contributed by atoms with E-state index in [-0.39, 0.29) is 6.10 Å². The van der Waals surface area contributed by atoms with Gasteiger partial charge < -0.3 is 27.5 Å². The zero-order valence-corrected chi connectivity index (χ0v) is 17.3. The van der Waals surface area contributed by atoms with Gasteiger partial charge in [-0.1, -0.05) is 6.92 Å². The summed E-state index contributed by atoms with van der Waals surface area (Å²) in [4.78, 5) is 0. The first-order chi connectivity index (χ1) is 12.2. The Kier molecular flexibility index (Phi) is 9.33. The van der Waals surface area contributed by atoms with Crippen molar-refractivity contribution in [3.8, 4) is 0 Å². The lowest BCUT2D eigenvalue weighted by atomic mass is 9.80. The molecule has 2 rings (SSSR count). The molecule has 0 saturated carbocycles. The van der Waals surface area contributed by atoms with E-state index in [2.05, 4.69) is 6.92 Å². The molecule has 0 aromatic carbocycles. The van der Waals surface area contributed by atoms with E-state index >= 15 is 0 Å². The quantitative estimate of drug-likeness (QED) is 0.343. The maximum absolute atomic E-state index is 5.86. The highest BCUT2D eigenvalue weighted by Crippen LogP contribution is 2.37. The Morgan fingerprint density at radius 2 is 1.60 bits per heavy atom. The average Bonchev–Trinajstić information content (AvgIpc) is 2.54. The van der Waals surface area contributed by atoms with Crippen molar-refractivity contribution in [3.05, 3.63) is 0 Å². The molecule has 4 unspecified atom stereocenters. The molecule has 2 fully saturated rings. The minimum Gasteiger partial charge on any atom is -0.379 e. The van der Waals surface area contributed by atoms with E-state index in [1.807, 2.05) is 20.8 Å². The zero-order chi connectivity index (χ0) is 18.1. The van der Waals surface area contributed by atoms with Gasteiger partial charge in [-0.05, 0) is 33.6 Å². The first kappa shape index (κ1) is 21.3. The Hall–Kier alpha value is -0.0231. The first-order valence-corrected chi connectivity index (χ1v) is 11.9. The molecule has 0 aromatic rings. The van der Waals surface area contributed by atoms with Crippen LogP contribution < -0.4 is 0 Å². The summed E-state index contributed by atoms with van der Waals surface area (Å²) >= 11 is 0. The SMILES string of the molecule is CCO[Si](CCCOCC1OCC1C1OCC1CC)(OCC)OCC. The lowest BCUT2D eigenvalue weighted by molar-refractivity contribution is -0.244. The molecular weight excluding hydrogens is 340 g/mol. The third kappa shape index (κ3) is 5.72. The highest BCUT2D eigenvalue weighted by atomic mass is 28.4. The predicted octanol–water partition coefficient (Wildman–Crippen LogP) is 2.88. The molecule has 7 heteroatoms. The Labute approximate surface area is 153 Å². The summed E-state index contributed by atoms with van der Waals surface area (Å²) in [6.45, 7) is 13.1. The molecule has 0 spiro atoms. The van der Waals surface area contributed by atoms with Crippen LogP contribution in [0.25, 0.3) is 0 Å².